The van der Waals surface area contributed by atoms with Crippen LogP contribution in [0.5, 0.6) is 0 Å². The van der Waals surface area contributed by atoms with Gasteiger partial charge in [0, 0.05) is 29.0 Å². The Morgan fingerprint density at radius 1 is 1.17 bits per heavy atom. The number of hydrogen-bond donors (Lipinski definition) is 1. The summed E-state index contributed by atoms with van der Waals surface area (Å²) in [5, 5.41) is 4.67. The lowest BCUT2D eigenvalue weighted by Crippen LogP contribution is -3.13. The second kappa shape index (κ2) is 9.41. The molecule has 1 aromatic heterocycles. The van der Waals surface area contributed by atoms with E-state index in [1.807, 2.05) is 17.0 Å². The molecule has 1 saturated heterocycles. The van der Waals surface area contributed by atoms with Crippen LogP contribution in [0.15, 0.2) is 53.1 Å². The molecule has 0 atom stereocenters. The summed E-state index contributed by atoms with van der Waals surface area (Å²) in [5.41, 5.74) is 3.49. The molecule has 0 bridgehead atoms. The van der Waals surface area contributed by atoms with Crippen LogP contribution in [0.1, 0.15) is 23.4 Å². The van der Waals surface area contributed by atoms with Gasteiger partial charge in [0.2, 0.25) is 17.6 Å². The maximum atomic E-state index is 12.6. The van der Waals surface area contributed by atoms with E-state index in [0.29, 0.717) is 29.6 Å². The van der Waals surface area contributed by atoms with E-state index < -0.39 is 0 Å². The Kier molecular flexibility index (Phi) is 6.45. The Balaban J connectivity index is 1.24. The molecule has 0 saturated carbocycles. The topological polar surface area (TPSA) is 63.7 Å². The van der Waals surface area contributed by atoms with E-state index in [4.69, 9.17) is 16.1 Å². The summed E-state index contributed by atoms with van der Waals surface area (Å²) >= 11 is 5.91. The SMILES string of the molecule is Cc1cccc(C[NH+]2CCN(C(=O)CCc3nc(-c4ccc(Cl)cc4)no3)CC2)c1. The molecule has 6 nitrogen and oxygen atoms in total. The van der Waals surface area contributed by atoms with Gasteiger partial charge in [0.25, 0.3) is 0 Å². The molecule has 1 aliphatic heterocycles. The summed E-state index contributed by atoms with van der Waals surface area (Å²) in [7, 11) is 0. The van der Waals surface area contributed by atoms with E-state index in [1.165, 1.54) is 16.0 Å². The molecule has 30 heavy (non-hydrogen) atoms. The largest absolute Gasteiger partial charge is 0.339 e. The Labute approximate surface area is 181 Å². The van der Waals surface area contributed by atoms with Gasteiger partial charge in [-0.15, -0.1) is 0 Å². The Hall–Kier alpha value is -2.70. The summed E-state index contributed by atoms with van der Waals surface area (Å²) in [6.45, 7) is 6.66. The molecule has 1 N–H and O–H groups in total. The van der Waals surface area contributed by atoms with E-state index in [0.717, 1.165) is 38.3 Å². The van der Waals surface area contributed by atoms with Crippen molar-refractivity contribution in [2.45, 2.75) is 26.3 Å². The van der Waals surface area contributed by atoms with Gasteiger partial charge in [-0.1, -0.05) is 46.6 Å². The summed E-state index contributed by atoms with van der Waals surface area (Å²) < 4.78 is 5.31. The first kappa shape index (κ1) is 20.6. The van der Waals surface area contributed by atoms with Crippen molar-refractivity contribution in [2.75, 3.05) is 26.2 Å². The average Bonchev–Trinajstić information content (AvgIpc) is 3.22. The van der Waals surface area contributed by atoms with Crippen LogP contribution in [0.2, 0.25) is 5.02 Å². The summed E-state index contributed by atoms with van der Waals surface area (Å²) in [6.07, 6.45) is 0.839. The minimum atomic E-state index is 0.149. The molecule has 4 rings (SSSR count). The Morgan fingerprint density at radius 3 is 2.67 bits per heavy atom. The molecule has 7 heteroatoms. The maximum Gasteiger partial charge on any atom is 0.227 e. The third-order valence-corrected chi connectivity index (χ3v) is 5.74. The van der Waals surface area contributed by atoms with Gasteiger partial charge in [-0.05, 0) is 31.2 Å². The Bertz CT molecular complexity index is 994. The van der Waals surface area contributed by atoms with Crippen molar-refractivity contribution in [2.24, 2.45) is 0 Å². The average molecular weight is 426 g/mol. The molecule has 2 aromatic carbocycles. The maximum absolute atomic E-state index is 12.6. The molecular formula is C23H26ClN4O2+. The van der Waals surface area contributed by atoms with Crippen molar-refractivity contribution in [1.29, 1.82) is 0 Å². The van der Waals surface area contributed by atoms with Crippen LogP contribution in [0.4, 0.5) is 0 Å². The number of aromatic nitrogens is 2. The number of piperazine rings is 1. The first-order valence-corrected chi connectivity index (χ1v) is 10.7. The normalized spacial score (nSPS) is 14.8. The minimum Gasteiger partial charge on any atom is -0.339 e. The highest BCUT2D eigenvalue weighted by atomic mass is 35.5. The van der Waals surface area contributed by atoms with Crippen LogP contribution in [0.3, 0.4) is 0 Å². The highest BCUT2D eigenvalue weighted by Gasteiger charge is 2.24. The number of hydrogen-bond acceptors (Lipinski definition) is 4. The van der Waals surface area contributed by atoms with Gasteiger partial charge in [-0.3, -0.25) is 4.79 Å². The third kappa shape index (κ3) is 5.26. The monoisotopic (exact) mass is 425 g/mol. The highest BCUT2D eigenvalue weighted by molar-refractivity contribution is 6.30. The predicted octanol–water partition coefficient (Wildman–Crippen LogP) is 2.56. The van der Waals surface area contributed by atoms with Crippen LogP contribution in [0.25, 0.3) is 11.4 Å². The summed E-state index contributed by atoms with van der Waals surface area (Å²) in [6, 6.07) is 15.9. The van der Waals surface area contributed by atoms with Crippen molar-refractivity contribution in [3.63, 3.8) is 0 Å². The van der Waals surface area contributed by atoms with Crippen LogP contribution in [-0.2, 0) is 17.8 Å². The zero-order valence-corrected chi connectivity index (χ0v) is 17.9. The first-order valence-electron chi connectivity index (χ1n) is 10.3. The first-order chi connectivity index (χ1) is 14.6. The van der Waals surface area contributed by atoms with Crippen LogP contribution >= 0.6 is 11.6 Å². The summed E-state index contributed by atoms with van der Waals surface area (Å²) in [5.74, 6) is 1.15. The van der Waals surface area contributed by atoms with E-state index in [-0.39, 0.29) is 5.91 Å². The molecule has 0 radical (unpaired) electrons. The van der Waals surface area contributed by atoms with Crippen molar-refractivity contribution in [3.05, 3.63) is 70.6 Å². The molecule has 0 unspecified atom stereocenters. The van der Waals surface area contributed by atoms with Gasteiger partial charge >= 0.3 is 0 Å². The number of benzene rings is 2. The number of halogens is 1. The zero-order chi connectivity index (χ0) is 20.9. The van der Waals surface area contributed by atoms with Crippen molar-refractivity contribution < 1.29 is 14.2 Å². The van der Waals surface area contributed by atoms with Gasteiger partial charge in [0.05, 0.1) is 26.2 Å². The molecule has 0 aliphatic carbocycles. The van der Waals surface area contributed by atoms with Crippen LogP contribution in [0, 0.1) is 6.92 Å². The number of nitrogens with one attached hydrogen (secondary N) is 1. The van der Waals surface area contributed by atoms with E-state index >= 15 is 0 Å². The number of nitrogens with zero attached hydrogens (tertiary/aromatic N) is 3. The molecule has 3 aromatic rings. The second-order valence-corrected chi connectivity index (χ2v) is 8.25. The molecule has 1 aliphatic rings. The Morgan fingerprint density at radius 2 is 1.93 bits per heavy atom. The smallest absolute Gasteiger partial charge is 0.227 e. The number of carbonyl (C=O) groups is 1. The number of carbonyl (C=O) groups excluding carboxylic acids is 1. The standard InChI is InChI=1S/C23H25ClN4O2/c1-17-3-2-4-18(15-17)16-27-11-13-28(14-12-27)22(29)10-9-21-25-23(26-30-21)19-5-7-20(24)8-6-19/h2-8,15H,9-14,16H2,1H3/p+1. The van der Waals surface area contributed by atoms with Crippen LogP contribution < -0.4 is 4.90 Å². The highest BCUT2D eigenvalue weighted by Crippen LogP contribution is 2.19. The van der Waals surface area contributed by atoms with Gasteiger partial charge in [-0.2, -0.15) is 4.98 Å². The lowest BCUT2D eigenvalue weighted by atomic mass is 10.1. The van der Waals surface area contributed by atoms with Crippen molar-refractivity contribution >= 4 is 17.5 Å². The molecular weight excluding hydrogens is 400 g/mol. The lowest BCUT2D eigenvalue weighted by molar-refractivity contribution is -0.917. The fourth-order valence-electron chi connectivity index (χ4n) is 3.80. The molecule has 1 amide bonds. The number of amides is 1. The van der Waals surface area contributed by atoms with Gasteiger partial charge in [0.15, 0.2) is 0 Å². The zero-order valence-electron chi connectivity index (χ0n) is 17.1. The van der Waals surface area contributed by atoms with Crippen molar-refractivity contribution in [1.82, 2.24) is 15.0 Å². The van der Waals surface area contributed by atoms with Crippen LogP contribution in [-0.4, -0.2) is 47.1 Å². The van der Waals surface area contributed by atoms with E-state index in [2.05, 4.69) is 41.3 Å². The number of quaternary nitrogens is 1. The van der Waals surface area contributed by atoms with Crippen molar-refractivity contribution in [3.8, 4) is 11.4 Å². The van der Waals surface area contributed by atoms with Gasteiger partial charge < -0.3 is 14.3 Å². The second-order valence-electron chi connectivity index (χ2n) is 7.82. The fourth-order valence-corrected chi connectivity index (χ4v) is 3.93. The molecule has 2 heterocycles. The number of rotatable bonds is 6. The molecule has 1 fully saturated rings. The lowest BCUT2D eigenvalue weighted by Gasteiger charge is -2.32. The fraction of sp³-hybridized carbons (Fsp3) is 0.348. The quantitative estimate of drug-likeness (QED) is 0.659. The number of aryl methyl sites for hydroxylation is 2. The van der Waals surface area contributed by atoms with Gasteiger partial charge in [0.1, 0.15) is 6.54 Å². The predicted molar refractivity (Wildman–Crippen MR) is 115 cm³/mol. The van der Waals surface area contributed by atoms with E-state index in [9.17, 15) is 4.79 Å². The summed E-state index contributed by atoms with van der Waals surface area (Å²) in [4.78, 5) is 20.5. The van der Waals surface area contributed by atoms with E-state index in [1.54, 1.807) is 12.1 Å². The van der Waals surface area contributed by atoms with Gasteiger partial charge in [-0.25, -0.2) is 0 Å². The third-order valence-electron chi connectivity index (χ3n) is 5.48. The minimum absolute atomic E-state index is 0.149. The molecule has 0 spiro atoms. The molecule has 156 valence electrons.